The number of benzene rings is 1. The van der Waals surface area contributed by atoms with E-state index in [4.69, 9.17) is 9.57 Å². The van der Waals surface area contributed by atoms with Gasteiger partial charge in [0.2, 0.25) is 0 Å². The van der Waals surface area contributed by atoms with Crippen LogP contribution in [0.4, 0.5) is 0 Å². The van der Waals surface area contributed by atoms with Gasteiger partial charge in [0.05, 0.1) is 17.7 Å². The van der Waals surface area contributed by atoms with Crippen LogP contribution in [0.25, 0.3) is 0 Å². The van der Waals surface area contributed by atoms with Crippen molar-refractivity contribution < 1.29 is 24.6 Å². The number of nitriles is 1. The zero-order valence-electron chi connectivity index (χ0n) is 15.9. The fourth-order valence-corrected chi connectivity index (χ4v) is 3.38. The molecule has 1 aromatic carbocycles. The second kappa shape index (κ2) is 7.70. The lowest BCUT2D eigenvalue weighted by Crippen LogP contribution is -2.54. The Labute approximate surface area is 169 Å². The highest BCUT2D eigenvalue weighted by molar-refractivity contribution is 5.47. The molecule has 0 aliphatic carbocycles. The van der Waals surface area contributed by atoms with Gasteiger partial charge in [-0.3, -0.25) is 4.79 Å². The lowest BCUT2D eigenvalue weighted by Gasteiger charge is -2.43. The molecule has 1 aromatic heterocycles. The van der Waals surface area contributed by atoms with Gasteiger partial charge in [-0.15, -0.1) is 20.2 Å². The average Bonchev–Trinajstić information content (AvgIpc) is 2.67. The predicted molar refractivity (Wildman–Crippen MR) is 98.4 cm³/mol. The van der Waals surface area contributed by atoms with Crippen molar-refractivity contribution in [2.45, 2.75) is 38.2 Å². The van der Waals surface area contributed by atoms with E-state index in [1.54, 1.807) is 13.8 Å². The molecule has 0 amide bonds. The maximum Gasteiger partial charge on any atom is 0.295 e. The first-order valence-corrected chi connectivity index (χ1v) is 8.65. The Morgan fingerprint density at radius 2 is 1.97 bits per heavy atom. The topological polar surface area (TPSA) is 160 Å². The van der Waals surface area contributed by atoms with Gasteiger partial charge in [0.1, 0.15) is 18.0 Å². The molecule has 1 aliphatic rings. The van der Waals surface area contributed by atoms with E-state index in [9.17, 15) is 30.3 Å². The monoisotopic (exact) mass is 416 g/mol. The van der Waals surface area contributed by atoms with Crippen molar-refractivity contribution in [3.8, 4) is 11.8 Å². The maximum atomic E-state index is 12.7. The van der Waals surface area contributed by atoms with Gasteiger partial charge in [-0.1, -0.05) is 6.07 Å². The summed E-state index contributed by atoms with van der Waals surface area (Å²) in [5, 5.41) is 29.0. The largest absolute Gasteiger partial charge is 0.485 e. The molecule has 0 spiro atoms. The molecule has 0 saturated heterocycles. The molecule has 12 heteroatoms. The van der Waals surface area contributed by atoms with E-state index >= 15 is 0 Å². The van der Waals surface area contributed by atoms with Crippen molar-refractivity contribution >= 4 is 0 Å². The lowest BCUT2D eigenvalue weighted by atomic mass is 9.85. The molecule has 0 bridgehead atoms. The number of fused-ring (bicyclic) bond motifs is 1. The van der Waals surface area contributed by atoms with E-state index in [0.29, 0.717) is 11.3 Å². The summed E-state index contributed by atoms with van der Waals surface area (Å²) in [5.41, 5.74) is -0.898. The third-order valence-corrected chi connectivity index (χ3v) is 4.64. The summed E-state index contributed by atoms with van der Waals surface area (Å²) >= 11 is 0. The zero-order valence-corrected chi connectivity index (χ0v) is 15.9. The van der Waals surface area contributed by atoms with Gasteiger partial charge in [-0.2, -0.15) is 5.26 Å². The van der Waals surface area contributed by atoms with Crippen LogP contribution in [0.2, 0.25) is 0 Å². The average molecular weight is 416 g/mol. The highest BCUT2D eigenvalue weighted by Gasteiger charge is 2.48. The molecule has 12 nitrogen and oxygen atoms in total. The summed E-state index contributed by atoms with van der Waals surface area (Å²) in [6, 6.07) is 7.95. The van der Waals surface area contributed by atoms with Crippen LogP contribution < -0.4 is 10.3 Å². The Morgan fingerprint density at radius 1 is 1.23 bits per heavy atom. The van der Waals surface area contributed by atoms with E-state index in [-0.39, 0.29) is 11.1 Å². The highest BCUT2D eigenvalue weighted by Crippen LogP contribution is 2.43. The quantitative estimate of drug-likeness (QED) is 0.505. The van der Waals surface area contributed by atoms with Crippen LogP contribution in [0.1, 0.15) is 36.6 Å². The molecule has 0 fully saturated rings. The Bertz CT molecular complexity index is 1100. The molecular weight excluding hydrogens is 400 g/mol. The van der Waals surface area contributed by atoms with Crippen LogP contribution in [0, 0.1) is 31.6 Å². The standard InChI is InChI=1S/C18H16N4O8/c1-18(2)17(30-22(26)27)16(13-7-11(8-19)3-5-14(13)29-18)20-9-12(4-6-15(20)23)10-28-21(24)25/h3-7,9,16-17H,10H2,1-2H3/t16-,17+/m1/s1. The fraction of sp³-hybridized carbons (Fsp3) is 0.333. The Kier molecular flexibility index (Phi) is 5.29. The van der Waals surface area contributed by atoms with Gasteiger partial charge >= 0.3 is 0 Å². The summed E-state index contributed by atoms with van der Waals surface area (Å²) < 4.78 is 7.03. The van der Waals surface area contributed by atoms with Crippen LogP contribution in [0.3, 0.4) is 0 Å². The van der Waals surface area contributed by atoms with Gasteiger partial charge < -0.3 is 19.0 Å². The molecule has 2 aromatic rings. The number of rotatable bonds is 6. The maximum absolute atomic E-state index is 12.7. The molecule has 156 valence electrons. The molecule has 0 unspecified atom stereocenters. The van der Waals surface area contributed by atoms with E-state index in [1.807, 2.05) is 6.07 Å². The summed E-state index contributed by atoms with van der Waals surface area (Å²) in [5.74, 6) is 0.325. The van der Waals surface area contributed by atoms with Crippen LogP contribution in [-0.2, 0) is 16.3 Å². The van der Waals surface area contributed by atoms with Gasteiger partial charge in [0.15, 0.2) is 6.10 Å². The zero-order chi connectivity index (χ0) is 22.1. The van der Waals surface area contributed by atoms with Crippen LogP contribution in [-0.4, -0.2) is 26.4 Å². The minimum absolute atomic E-state index is 0.253. The van der Waals surface area contributed by atoms with E-state index < -0.39 is 40.1 Å². The molecule has 0 radical (unpaired) electrons. The first-order valence-electron chi connectivity index (χ1n) is 8.65. The Balaban J connectivity index is 2.21. The van der Waals surface area contributed by atoms with Crippen molar-refractivity contribution in [2.75, 3.05) is 0 Å². The van der Waals surface area contributed by atoms with Gasteiger partial charge in [-0.25, -0.2) is 0 Å². The molecule has 0 saturated carbocycles. The first kappa shape index (κ1) is 20.6. The fourth-order valence-electron chi connectivity index (χ4n) is 3.38. The van der Waals surface area contributed by atoms with Crippen molar-refractivity contribution in [3.63, 3.8) is 0 Å². The third-order valence-electron chi connectivity index (χ3n) is 4.64. The number of aromatic nitrogens is 1. The smallest absolute Gasteiger partial charge is 0.295 e. The van der Waals surface area contributed by atoms with Crippen LogP contribution >= 0.6 is 0 Å². The van der Waals surface area contributed by atoms with Gasteiger partial charge in [-0.05, 0) is 37.6 Å². The summed E-state index contributed by atoms with van der Waals surface area (Å²) in [4.78, 5) is 43.6. The van der Waals surface area contributed by atoms with Gasteiger partial charge in [0, 0.05) is 17.8 Å². The SMILES string of the molecule is CC1(C)Oc2ccc(C#N)cc2[C@@H](n2cc(CO[N+](=O)[O-])ccc2=O)[C@@H]1O[N+](=O)[O-]. The first-order chi connectivity index (χ1) is 14.1. The van der Waals surface area contributed by atoms with Crippen molar-refractivity contribution in [3.05, 3.63) is 83.8 Å². The van der Waals surface area contributed by atoms with Crippen molar-refractivity contribution in [1.82, 2.24) is 4.57 Å². The molecular formula is C18H16N4O8. The van der Waals surface area contributed by atoms with Gasteiger partial charge in [0.25, 0.3) is 15.7 Å². The summed E-state index contributed by atoms with van der Waals surface area (Å²) in [7, 11) is 0. The third kappa shape index (κ3) is 4.00. The molecule has 3 rings (SSSR count). The van der Waals surface area contributed by atoms with Crippen LogP contribution in [0.5, 0.6) is 5.75 Å². The number of ether oxygens (including phenoxy) is 1. The highest BCUT2D eigenvalue weighted by atomic mass is 17.0. The van der Waals surface area contributed by atoms with E-state index in [1.165, 1.54) is 30.5 Å². The van der Waals surface area contributed by atoms with Crippen molar-refractivity contribution in [2.24, 2.45) is 0 Å². The normalized spacial score (nSPS) is 19.0. The van der Waals surface area contributed by atoms with E-state index in [2.05, 4.69) is 4.84 Å². The second-order valence-corrected chi connectivity index (χ2v) is 7.04. The summed E-state index contributed by atoms with van der Waals surface area (Å²) in [6.45, 7) is 2.71. The molecule has 2 heterocycles. The number of hydrogen-bond acceptors (Lipinski definition) is 9. The van der Waals surface area contributed by atoms with Crippen LogP contribution in [0.15, 0.2) is 41.3 Å². The number of pyridine rings is 1. The summed E-state index contributed by atoms with van der Waals surface area (Å²) in [6.07, 6.45) is 0.0372. The minimum Gasteiger partial charge on any atom is -0.485 e. The minimum atomic E-state index is -1.27. The molecule has 0 N–H and O–H groups in total. The Hall–Kier alpha value is -4.14. The molecule has 30 heavy (non-hydrogen) atoms. The second-order valence-electron chi connectivity index (χ2n) is 7.04. The molecule has 2 atom stereocenters. The Morgan fingerprint density at radius 3 is 2.60 bits per heavy atom. The lowest BCUT2D eigenvalue weighted by molar-refractivity contribution is -0.773. The van der Waals surface area contributed by atoms with E-state index in [0.717, 1.165) is 10.6 Å². The molecule has 1 aliphatic heterocycles. The van der Waals surface area contributed by atoms with Crippen molar-refractivity contribution in [1.29, 1.82) is 5.26 Å². The number of nitrogens with zero attached hydrogens (tertiary/aromatic N) is 4. The predicted octanol–water partition coefficient (Wildman–Crippen LogP) is 1.77. The number of hydrogen-bond donors (Lipinski definition) is 0.